The average Bonchev–Trinajstić information content (AvgIpc) is 2.88. The summed E-state index contributed by atoms with van der Waals surface area (Å²) in [5.74, 6) is -0.330. The van der Waals surface area contributed by atoms with E-state index in [0.29, 0.717) is 0 Å². The quantitative estimate of drug-likeness (QED) is 0.549. The maximum atomic E-state index is 11.4. The van der Waals surface area contributed by atoms with Crippen molar-refractivity contribution < 1.29 is 4.79 Å². The van der Waals surface area contributed by atoms with Crippen molar-refractivity contribution in [2.45, 2.75) is 20.0 Å². The minimum atomic E-state index is -0.330. The summed E-state index contributed by atoms with van der Waals surface area (Å²) in [6.45, 7) is 4.61. The molecular weight excluding hydrogens is 314 g/mol. The van der Waals surface area contributed by atoms with Gasteiger partial charge in [0, 0.05) is 48.6 Å². The van der Waals surface area contributed by atoms with Gasteiger partial charge in [-0.05, 0) is 30.7 Å². The number of primary amides is 1. The Morgan fingerprint density at radius 1 is 1.20 bits per heavy atom. The average molecular weight is 337 g/mol. The number of pyridine rings is 1. The number of rotatable bonds is 8. The molecule has 0 atom stereocenters. The number of nitrogens with two attached hydrogens (primary N) is 1. The summed E-state index contributed by atoms with van der Waals surface area (Å²) in [6, 6.07) is 12.0. The molecule has 1 aromatic carbocycles. The normalized spacial score (nSPS) is 10.9. The number of carbonyl (C=O) groups excluding carboxylic acids is 1. The van der Waals surface area contributed by atoms with Gasteiger partial charge in [0.15, 0.2) is 0 Å². The third-order valence-corrected chi connectivity index (χ3v) is 4.27. The molecule has 0 aliphatic carbocycles. The Bertz CT molecular complexity index is 857. The number of aromatic nitrogens is 2. The first-order chi connectivity index (χ1) is 12.2. The molecular formula is C19H23N5O. The van der Waals surface area contributed by atoms with Crippen molar-refractivity contribution in [2.75, 3.05) is 18.4 Å². The van der Waals surface area contributed by atoms with Gasteiger partial charge in [-0.15, -0.1) is 0 Å². The molecule has 0 fully saturated rings. The highest BCUT2D eigenvalue weighted by Crippen LogP contribution is 2.25. The fourth-order valence-corrected chi connectivity index (χ4v) is 3.06. The maximum absolute atomic E-state index is 11.4. The summed E-state index contributed by atoms with van der Waals surface area (Å²) < 4.78 is 1.99. The van der Waals surface area contributed by atoms with Crippen LogP contribution in [0.15, 0.2) is 48.8 Å². The van der Waals surface area contributed by atoms with Crippen LogP contribution in [0, 0.1) is 6.92 Å². The molecule has 0 aliphatic heterocycles. The Hall–Kier alpha value is -2.86. The van der Waals surface area contributed by atoms with Crippen molar-refractivity contribution in [3.05, 3.63) is 60.0 Å². The van der Waals surface area contributed by atoms with Gasteiger partial charge in [-0.2, -0.15) is 0 Å². The smallest absolute Gasteiger partial charge is 0.237 e. The minimum Gasteiger partial charge on any atom is -0.383 e. The first-order valence-corrected chi connectivity index (χ1v) is 8.36. The van der Waals surface area contributed by atoms with Crippen molar-refractivity contribution in [2.24, 2.45) is 5.73 Å². The lowest BCUT2D eigenvalue weighted by molar-refractivity contribution is -0.118. The summed E-state index contributed by atoms with van der Waals surface area (Å²) in [6.07, 6.45) is 3.57. The van der Waals surface area contributed by atoms with E-state index in [1.54, 1.807) is 6.20 Å². The highest BCUT2D eigenvalue weighted by atomic mass is 16.1. The second-order valence-electron chi connectivity index (χ2n) is 5.98. The summed E-state index contributed by atoms with van der Waals surface area (Å²) in [5.41, 5.74) is 9.74. The van der Waals surface area contributed by atoms with Gasteiger partial charge in [0.1, 0.15) is 6.54 Å². The lowest BCUT2D eigenvalue weighted by atomic mass is 10.1. The number of fused-ring (bicyclic) bond motifs is 1. The van der Waals surface area contributed by atoms with Crippen LogP contribution in [0.4, 0.5) is 5.69 Å². The molecule has 0 aliphatic rings. The van der Waals surface area contributed by atoms with E-state index in [-0.39, 0.29) is 12.5 Å². The van der Waals surface area contributed by atoms with Crippen LogP contribution in [-0.4, -0.2) is 28.5 Å². The van der Waals surface area contributed by atoms with Gasteiger partial charge < -0.3 is 20.9 Å². The Morgan fingerprint density at radius 3 is 2.80 bits per heavy atom. The zero-order valence-electron chi connectivity index (χ0n) is 14.3. The summed E-state index contributed by atoms with van der Waals surface area (Å²) in [5, 5.41) is 7.94. The standard InChI is InChI=1S/C19H23N5O/c1-14-17(12-22-9-10-23-15-5-4-8-21-11-15)16-6-2-3-7-18(16)24(14)13-19(20)25/h2-8,11,22-23H,9-10,12-13H2,1H3,(H2,20,25). The molecule has 3 rings (SSSR count). The van der Waals surface area contributed by atoms with Gasteiger partial charge in [0.05, 0.1) is 5.69 Å². The number of amides is 1. The second kappa shape index (κ2) is 7.81. The molecule has 0 spiro atoms. The Balaban J connectivity index is 1.65. The predicted molar refractivity (Wildman–Crippen MR) is 100 cm³/mol. The zero-order chi connectivity index (χ0) is 17.6. The lowest BCUT2D eigenvalue weighted by Crippen LogP contribution is -2.22. The molecule has 0 bridgehead atoms. The number of anilines is 1. The number of carbonyl (C=O) groups is 1. The molecule has 0 radical (unpaired) electrons. The molecule has 4 N–H and O–H groups in total. The molecule has 0 unspecified atom stereocenters. The molecule has 2 aromatic heterocycles. The van der Waals surface area contributed by atoms with Crippen molar-refractivity contribution in [1.29, 1.82) is 0 Å². The van der Waals surface area contributed by atoms with Crippen LogP contribution in [0.1, 0.15) is 11.3 Å². The minimum absolute atomic E-state index is 0.203. The number of nitrogens with zero attached hydrogens (tertiary/aromatic N) is 2. The zero-order valence-corrected chi connectivity index (χ0v) is 14.3. The molecule has 0 saturated carbocycles. The number of benzene rings is 1. The largest absolute Gasteiger partial charge is 0.383 e. The van der Waals surface area contributed by atoms with Gasteiger partial charge in [0.25, 0.3) is 0 Å². The van der Waals surface area contributed by atoms with E-state index in [9.17, 15) is 4.79 Å². The first kappa shape index (κ1) is 17.0. The molecule has 25 heavy (non-hydrogen) atoms. The van der Waals surface area contributed by atoms with Crippen LogP contribution < -0.4 is 16.4 Å². The Labute approximate surface area is 147 Å². The molecule has 130 valence electrons. The summed E-state index contributed by atoms with van der Waals surface area (Å²) in [7, 11) is 0. The van der Waals surface area contributed by atoms with E-state index in [1.807, 2.05) is 48.0 Å². The van der Waals surface area contributed by atoms with Gasteiger partial charge in [-0.25, -0.2) is 0 Å². The van der Waals surface area contributed by atoms with E-state index in [2.05, 4.69) is 21.7 Å². The molecule has 6 heteroatoms. The third kappa shape index (κ3) is 3.97. The fraction of sp³-hybridized carbons (Fsp3) is 0.263. The first-order valence-electron chi connectivity index (χ1n) is 8.36. The Morgan fingerprint density at radius 2 is 2.04 bits per heavy atom. The SMILES string of the molecule is Cc1c(CNCCNc2cccnc2)c2ccccc2n1CC(N)=O. The van der Waals surface area contributed by atoms with Crippen LogP contribution in [-0.2, 0) is 17.9 Å². The fourth-order valence-electron chi connectivity index (χ4n) is 3.06. The highest BCUT2D eigenvalue weighted by Gasteiger charge is 2.14. The molecule has 2 heterocycles. The molecule has 0 saturated heterocycles. The van der Waals surface area contributed by atoms with Crippen LogP contribution in [0.2, 0.25) is 0 Å². The van der Waals surface area contributed by atoms with Crippen LogP contribution >= 0.6 is 0 Å². The summed E-state index contributed by atoms with van der Waals surface area (Å²) >= 11 is 0. The van der Waals surface area contributed by atoms with Crippen LogP contribution in [0.5, 0.6) is 0 Å². The molecule has 6 nitrogen and oxygen atoms in total. The van der Waals surface area contributed by atoms with Gasteiger partial charge in [-0.3, -0.25) is 9.78 Å². The van der Waals surface area contributed by atoms with E-state index >= 15 is 0 Å². The summed E-state index contributed by atoms with van der Waals surface area (Å²) in [4.78, 5) is 15.5. The van der Waals surface area contributed by atoms with Gasteiger partial charge in [0.2, 0.25) is 5.91 Å². The number of nitrogens with one attached hydrogen (secondary N) is 2. The van der Waals surface area contributed by atoms with Crippen LogP contribution in [0.25, 0.3) is 10.9 Å². The van der Waals surface area contributed by atoms with Gasteiger partial charge >= 0.3 is 0 Å². The third-order valence-electron chi connectivity index (χ3n) is 4.27. The molecule has 3 aromatic rings. The van der Waals surface area contributed by atoms with Gasteiger partial charge in [-0.1, -0.05) is 18.2 Å². The molecule has 1 amide bonds. The van der Waals surface area contributed by atoms with Crippen molar-refractivity contribution in [3.63, 3.8) is 0 Å². The number of hydrogen-bond donors (Lipinski definition) is 3. The van der Waals surface area contributed by atoms with Crippen molar-refractivity contribution in [3.8, 4) is 0 Å². The number of hydrogen-bond acceptors (Lipinski definition) is 4. The predicted octanol–water partition coefficient (Wildman–Crippen LogP) is 2.03. The second-order valence-corrected chi connectivity index (χ2v) is 5.98. The van der Waals surface area contributed by atoms with Crippen molar-refractivity contribution in [1.82, 2.24) is 14.9 Å². The van der Waals surface area contributed by atoms with E-state index in [0.717, 1.165) is 41.9 Å². The maximum Gasteiger partial charge on any atom is 0.237 e. The van der Waals surface area contributed by atoms with E-state index in [4.69, 9.17) is 5.73 Å². The highest BCUT2D eigenvalue weighted by molar-refractivity contribution is 5.87. The van der Waals surface area contributed by atoms with Crippen LogP contribution in [0.3, 0.4) is 0 Å². The van der Waals surface area contributed by atoms with Crippen molar-refractivity contribution >= 4 is 22.5 Å². The number of para-hydroxylation sites is 1. The van der Waals surface area contributed by atoms with E-state index < -0.39 is 0 Å². The monoisotopic (exact) mass is 337 g/mol. The Kier molecular flexibility index (Phi) is 5.30. The topological polar surface area (TPSA) is 85.0 Å². The lowest BCUT2D eigenvalue weighted by Gasteiger charge is -2.09. The van der Waals surface area contributed by atoms with E-state index in [1.165, 1.54) is 5.56 Å².